The number of ether oxygens (including phenoxy) is 2. The summed E-state index contributed by atoms with van der Waals surface area (Å²) < 4.78 is 44.5. The molecule has 0 radical (unpaired) electrons. The van der Waals surface area contributed by atoms with Gasteiger partial charge >= 0.3 is 11.9 Å². The Balaban J connectivity index is 2.20. The maximum absolute atomic E-state index is 13.0. The zero-order valence-electron chi connectivity index (χ0n) is 38.7. The molecule has 0 aliphatic rings. The van der Waals surface area contributed by atoms with Crippen LogP contribution in [0.2, 0.25) is 0 Å². The highest BCUT2D eigenvalue weighted by molar-refractivity contribution is 7.86. The van der Waals surface area contributed by atoms with Crippen molar-refractivity contribution < 1.29 is 32.0 Å². The van der Waals surface area contributed by atoms with Gasteiger partial charge in [-0.1, -0.05) is 238 Å². The first-order valence-electron chi connectivity index (χ1n) is 25.1. The van der Waals surface area contributed by atoms with Gasteiger partial charge in [0.15, 0.2) is 0 Å². The Morgan fingerprint density at radius 1 is 0.450 bits per heavy atom. The van der Waals surface area contributed by atoms with Gasteiger partial charge < -0.3 is 9.47 Å². The normalized spacial score (nSPS) is 11.9. The molecule has 0 aromatic heterocycles. The van der Waals surface area contributed by atoms with Crippen molar-refractivity contribution in [2.24, 2.45) is 0 Å². The second kappa shape index (κ2) is 40.6. The van der Waals surface area contributed by atoms with E-state index in [1.165, 1.54) is 230 Å². The number of benzene rings is 1. The summed E-state index contributed by atoms with van der Waals surface area (Å²) in [7, 11) is -4.81. The minimum atomic E-state index is -4.81. The zero-order chi connectivity index (χ0) is 43.6. The molecule has 1 aromatic rings. The average molecular weight is 859 g/mol. The molecule has 0 bridgehead atoms. The second-order valence-corrected chi connectivity index (χ2v) is 18.7. The van der Waals surface area contributed by atoms with Crippen LogP contribution in [-0.2, 0) is 19.6 Å². The molecule has 0 spiro atoms. The molecule has 0 heterocycles. The van der Waals surface area contributed by atoms with Crippen LogP contribution in [0.15, 0.2) is 47.8 Å². The van der Waals surface area contributed by atoms with Crippen molar-refractivity contribution in [3.05, 3.63) is 54.0 Å². The molecule has 7 nitrogen and oxygen atoms in total. The fourth-order valence-corrected chi connectivity index (χ4v) is 8.63. The molecule has 60 heavy (non-hydrogen) atoms. The van der Waals surface area contributed by atoms with E-state index in [0.717, 1.165) is 38.2 Å². The molecule has 0 saturated carbocycles. The van der Waals surface area contributed by atoms with E-state index in [2.05, 4.69) is 13.8 Å². The van der Waals surface area contributed by atoms with Gasteiger partial charge in [0, 0.05) is 0 Å². The largest absolute Gasteiger partial charge is 0.431 e. The molecule has 0 aliphatic heterocycles. The Bertz CT molecular complexity index is 1340. The lowest BCUT2D eigenvalue weighted by Gasteiger charge is -2.10. The lowest BCUT2D eigenvalue weighted by Crippen LogP contribution is -2.16. The quantitative estimate of drug-likeness (QED) is 0.0302. The molecule has 1 N–H and O–H groups in total. The van der Waals surface area contributed by atoms with E-state index in [1.54, 1.807) is 12.2 Å². The number of carbonyl (C=O) groups excluding carboxylic acids is 2. The summed E-state index contributed by atoms with van der Waals surface area (Å²) in [6, 6.07) is 3.65. The third-order valence-corrected chi connectivity index (χ3v) is 12.6. The summed E-state index contributed by atoms with van der Waals surface area (Å²) in [4.78, 5) is 25.3. The minimum Gasteiger partial charge on any atom is -0.431 e. The third-order valence-electron chi connectivity index (χ3n) is 11.7. The standard InChI is InChI=1S/C52H90O7S/c1-3-5-7-9-11-13-15-17-19-21-23-25-27-29-31-33-35-37-39-41-46-58-51(53)48-44-43-45-49(60(55,56)57)50(48)52(54)59-47-42-40-38-36-34-32-30-28-26-24-22-20-18-16-14-12-10-8-6-4-2/h41-47H,3-40H2,1-2H3,(H,55,56,57)/b46-41+,47-42+. The van der Waals surface area contributed by atoms with Crippen LogP contribution in [0.1, 0.15) is 279 Å². The third kappa shape index (κ3) is 32.3. The summed E-state index contributed by atoms with van der Waals surface area (Å²) in [5.74, 6) is -1.95. The van der Waals surface area contributed by atoms with E-state index < -0.39 is 32.5 Å². The number of esters is 2. The van der Waals surface area contributed by atoms with E-state index in [9.17, 15) is 22.6 Å². The second-order valence-electron chi connectivity index (χ2n) is 17.3. The molecule has 1 aromatic carbocycles. The van der Waals surface area contributed by atoms with Crippen molar-refractivity contribution in [3.8, 4) is 0 Å². The topological polar surface area (TPSA) is 107 Å². The molecule has 1 rings (SSSR count). The van der Waals surface area contributed by atoms with Gasteiger partial charge in [0.2, 0.25) is 0 Å². The molecule has 346 valence electrons. The van der Waals surface area contributed by atoms with Crippen LogP contribution in [0.5, 0.6) is 0 Å². The number of hydrogen-bond donors (Lipinski definition) is 1. The van der Waals surface area contributed by atoms with Gasteiger partial charge in [0.05, 0.1) is 23.7 Å². The number of allylic oxidation sites excluding steroid dienone is 2. The highest BCUT2D eigenvalue weighted by Crippen LogP contribution is 2.23. The highest BCUT2D eigenvalue weighted by atomic mass is 32.2. The first-order chi connectivity index (χ1) is 29.3. The van der Waals surface area contributed by atoms with Crippen molar-refractivity contribution in [3.63, 3.8) is 0 Å². The summed E-state index contributed by atoms with van der Waals surface area (Å²) in [6.45, 7) is 4.54. The van der Waals surface area contributed by atoms with Crippen molar-refractivity contribution in [2.75, 3.05) is 0 Å². The average Bonchev–Trinajstić information content (AvgIpc) is 3.24. The SMILES string of the molecule is CCCCCCCCCCCCCCCCCCCC/C=C/OC(=O)c1cccc(S(=O)(=O)O)c1C(=O)O/C=C/CCCCCCCCCCCCCCCCCCCC. The highest BCUT2D eigenvalue weighted by Gasteiger charge is 2.28. The van der Waals surface area contributed by atoms with Crippen LogP contribution in [0.25, 0.3) is 0 Å². The predicted molar refractivity (Wildman–Crippen MR) is 252 cm³/mol. The summed E-state index contributed by atoms with van der Waals surface area (Å²) in [5, 5.41) is 0. The van der Waals surface area contributed by atoms with E-state index in [1.807, 2.05) is 0 Å². The molecule has 0 saturated heterocycles. The molecular formula is C52H90O7S. The van der Waals surface area contributed by atoms with E-state index in [0.29, 0.717) is 6.42 Å². The van der Waals surface area contributed by atoms with Crippen LogP contribution in [0.3, 0.4) is 0 Å². The van der Waals surface area contributed by atoms with Crippen LogP contribution >= 0.6 is 0 Å². The van der Waals surface area contributed by atoms with Crippen LogP contribution in [-0.4, -0.2) is 24.9 Å². The molecule has 0 atom stereocenters. The van der Waals surface area contributed by atoms with Crippen molar-refractivity contribution >= 4 is 22.1 Å². The van der Waals surface area contributed by atoms with E-state index >= 15 is 0 Å². The fourth-order valence-electron chi connectivity index (χ4n) is 7.93. The van der Waals surface area contributed by atoms with Crippen LogP contribution in [0.4, 0.5) is 0 Å². The molecular weight excluding hydrogens is 769 g/mol. The van der Waals surface area contributed by atoms with Gasteiger partial charge in [0.1, 0.15) is 4.90 Å². The summed E-state index contributed by atoms with van der Waals surface area (Å²) in [6.07, 6.45) is 54.9. The monoisotopic (exact) mass is 859 g/mol. The van der Waals surface area contributed by atoms with Gasteiger partial charge in [0.25, 0.3) is 10.1 Å². The maximum Gasteiger partial charge on any atom is 0.345 e. The minimum absolute atomic E-state index is 0.287. The van der Waals surface area contributed by atoms with Crippen LogP contribution in [0, 0.1) is 0 Å². The predicted octanol–water partition coefficient (Wildman–Crippen LogP) is 17.1. The fraction of sp³-hybridized carbons (Fsp3) is 0.769. The molecule has 0 unspecified atom stereocenters. The zero-order valence-corrected chi connectivity index (χ0v) is 39.5. The lowest BCUT2D eigenvalue weighted by molar-refractivity contribution is 0.0614. The Kier molecular flexibility index (Phi) is 37.6. The molecule has 8 heteroatoms. The van der Waals surface area contributed by atoms with Gasteiger partial charge in [-0.2, -0.15) is 8.42 Å². The van der Waals surface area contributed by atoms with E-state index in [4.69, 9.17) is 9.47 Å². The number of hydrogen-bond acceptors (Lipinski definition) is 6. The smallest absolute Gasteiger partial charge is 0.345 e. The Labute approximate surface area is 369 Å². The van der Waals surface area contributed by atoms with E-state index in [-0.39, 0.29) is 5.56 Å². The van der Waals surface area contributed by atoms with Gasteiger partial charge in [-0.25, -0.2) is 9.59 Å². The van der Waals surface area contributed by atoms with Gasteiger partial charge in [-0.15, -0.1) is 0 Å². The van der Waals surface area contributed by atoms with Crippen molar-refractivity contribution in [1.29, 1.82) is 0 Å². The first-order valence-corrected chi connectivity index (χ1v) is 26.6. The Morgan fingerprint density at radius 2 is 0.733 bits per heavy atom. The lowest BCUT2D eigenvalue weighted by atomic mass is 10.0. The molecule has 0 aliphatic carbocycles. The summed E-state index contributed by atoms with van der Waals surface area (Å²) >= 11 is 0. The maximum atomic E-state index is 13.0. The number of unbranched alkanes of at least 4 members (excludes halogenated alkanes) is 36. The van der Waals surface area contributed by atoms with Gasteiger partial charge in [-0.3, -0.25) is 4.55 Å². The Morgan fingerprint density at radius 3 is 1.03 bits per heavy atom. The summed E-state index contributed by atoms with van der Waals surface area (Å²) in [5.41, 5.74) is -0.829. The number of rotatable bonds is 43. The van der Waals surface area contributed by atoms with Crippen LogP contribution < -0.4 is 0 Å². The van der Waals surface area contributed by atoms with Crippen molar-refractivity contribution in [2.45, 2.75) is 263 Å². The molecule has 0 fully saturated rings. The van der Waals surface area contributed by atoms with Gasteiger partial charge in [-0.05, 0) is 50.0 Å². The Hall–Kier alpha value is -2.45. The molecule has 0 amide bonds. The first kappa shape index (κ1) is 55.6. The van der Waals surface area contributed by atoms with Crippen molar-refractivity contribution in [1.82, 2.24) is 0 Å². The number of carbonyl (C=O) groups is 2.